The van der Waals surface area contributed by atoms with Crippen LogP contribution in [-0.4, -0.2) is 33.4 Å². The summed E-state index contributed by atoms with van der Waals surface area (Å²) < 4.78 is 11.1. The first kappa shape index (κ1) is 10.3. The van der Waals surface area contributed by atoms with Gasteiger partial charge in [0.2, 0.25) is 0 Å². The van der Waals surface area contributed by atoms with Crippen LogP contribution in [0.5, 0.6) is 11.5 Å². The van der Waals surface area contributed by atoms with E-state index in [0.29, 0.717) is 13.2 Å². The Morgan fingerprint density at radius 3 is 2.68 bits per heavy atom. The van der Waals surface area contributed by atoms with Crippen molar-refractivity contribution in [2.24, 2.45) is 0 Å². The van der Waals surface area contributed by atoms with Gasteiger partial charge in [-0.3, -0.25) is 0 Å². The highest BCUT2D eigenvalue weighted by Crippen LogP contribution is 2.34. The van der Waals surface area contributed by atoms with Gasteiger partial charge in [-0.15, -0.1) is 0 Å². The van der Waals surface area contributed by atoms with Crippen molar-refractivity contribution in [1.82, 2.24) is 20.2 Å². The van der Waals surface area contributed by atoms with Gasteiger partial charge < -0.3 is 14.5 Å². The standard InChI is InChI=1S/C13H10N4O2/c1-2-14-15-7-8(1)13-16-9-5-11-12(6-10(9)17-13)19-4-3-18-11/h1-2,5-7H,3-4H2,(H,16,17). The molecule has 19 heavy (non-hydrogen) atoms. The number of ether oxygens (including phenoxy) is 2. The highest BCUT2D eigenvalue weighted by Gasteiger charge is 2.15. The van der Waals surface area contributed by atoms with Crippen molar-refractivity contribution in [3.63, 3.8) is 0 Å². The lowest BCUT2D eigenvalue weighted by Crippen LogP contribution is -2.15. The number of H-pyrrole nitrogens is 1. The Kier molecular flexibility index (Phi) is 2.14. The van der Waals surface area contributed by atoms with E-state index in [2.05, 4.69) is 20.2 Å². The molecule has 2 aromatic heterocycles. The van der Waals surface area contributed by atoms with Gasteiger partial charge in [0.05, 0.1) is 23.4 Å². The number of aromatic amines is 1. The summed E-state index contributed by atoms with van der Waals surface area (Å²) in [6.45, 7) is 1.15. The summed E-state index contributed by atoms with van der Waals surface area (Å²) in [6.07, 6.45) is 3.31. The van der Waals surface area contributed by atoms with Gasteiger partial charge in [-0.25, -0.2) is 4.98 Å². The smallest absolute Gasteiger partial charge is 0.163 e. The third-order valence-corrected chi connectivity index (χ3v) is 3.00. The number of benzene rings is 1. The maximum Gasteiger partial charge on any atom is 0.163 e. The van der Waals surface area contributed by atoms with Gasteiger partial charge in [-0.1, -0.05) is 0 Å². The summed E-state index contributed by atoms with van der Waals surface area (Å²) in [4.78, 5) is 7.78. The maximum atomic E-state index is 5.55. The number of nitrogens with zero attached hydrogens (tertiary/aromatic N) is 3. The molecule has 0 spiro atoms. The van der Waals surface area contributed by atoms with E-state index in [-0.39, 0.29) is 0 Å². The third kappa shape index (κ3) is 1.69. The second-order valence-electron chi connectivity index (χ2n) is 4.23. The number of hydrogen-bond acceptors (Lipinski definition) is 5. The molecule has 0 amide bonds. The number of fused-ring (bicyclic) bond motifs is 2. The lowest BCUT2D eigenvalue weighted by molar-refractivity contribution is 0.172. The molecule has 94 valence electrons. The molecule has 1 aliphatic rings. The molecule has 6 heteroatoms. The second-order valence-corrected chi connectivity index (χ2v) is 4.23. The van der Waals surface area contributed by atoms with Crippen LogP contribution in [0.4, 0.5) is 0 Å². The summed E-state index contributed by atoms with van der Waals surface area (Å²) >= 11 is 0. The van der Waals surface area contributed by atoms with Gasteiger partial charge in [0.25, 0.3) is 0 Å². The largest absolute Gasteiger partial charge is 0.486 e. The summed E-state index contributed by atoms with van der Waals surface area (Å²) in [5, 5.41) is 7.61. The zero-order valence-electron chi connectivity index (χ0n) is 9.96. The topological polar surface area (TPSA) is 72.9 Å². The van der Waals surface area contributed by atoms with Crippen LogP contribution in [0, 0.1) is 0 Å². The van der Waals surface area contributed by atoms with E-state index in [4.69, 9.17) is 9.47 Å². The molecular weight excluding hydrogens is 244 g/mol. The number of imidazole rings is 1. The van der Waals surface area contributed by atoms with Crippen LogP contribution in [0.1, 0.15) is 0 Å². The van der Waals surface area contributed by atoms with Crippen molar-refractivity contribution in [1.29, 1.82) is 0 Å². The summed E-state index contributed by atoms with van der Waals surface area (Å²) in [5.74, 6) is 2.25. The predicted octanol–water partition coefficient (Wildman–Crippen LogP) is 1.79. The molecule has 1 aliphatic heterocycles. The van der Waals surface area contributed by atoms with Crippen molar-refractivity contribution >= 4 is 11.0 Å². The van der Waals surface area contributed by atoms with Crippen LogP contribution >= 0.6 is 0 Å². The van der Waals surface area contributed by atoms with Crippen LogP contribution in [0.25, 0.3) is 22.4 Å². The summed E-state index contributed by atoms with van der Waals surface area (Å²) in [6, 6.07) is 5.66. The molecule has 1 N–H and O–H groups in total. The SMILES string of the molecule is c1cc(-c2nc3cc4c(cc3[nH]2)OCCO4)cnn1. The van der Waals surface area contributed by atoms with E-state index in [1.54, 1.807) is 12.4 Å². The Hall–Kier alpha value is -2.63. The third-order valence-electron chi connectivity index (χ3n) is 3.00. The first-order valence-electron chi connectivity index (χ1n) is 5.96. The van der Waals surface area contributed by atoms with E-state index >= 15 is 0 Å². The van der Waals surface area contributed by atoms with Gasteiger partial charge in [0.1, 0.15) is 19.0 Å². The Balaban J connectivity index is 1.87. The number of hydrogen-bond donors (Lipinski definition) is 1. The molecular formula is C13H10N4O2. The molecule has 0 radical (unpaired) electrons. The van der Waals surface area contributed by atoms with Crippen LogP contribution in [-0.2, 0) is 0 Å². The molecule has 3 aromatic rings. The summed E-state index contributed by atoms with van der Waals surface area (Å²) in [5.41, 5.74) is 2.65. The minimum absolute atomic E-state index is 0.573. The van der Waals surface area contributed by atoms with Crippen molar-refractivity contribution in [3.05, 3.63) is 30.6 Å². The lowest BCUT2D eigenvalue weighted by atomic mass is 10.2. The van der Waals surface area contributed by atoms with E-state index in [0.717, 1.165) is 33.9 Å². The monoisotopic (exact) mass is 254 g/mol. The minimum atomic E-state index is 0.573. The molecule has 0 unspecified atom stereocenters. The molecule has 0 bridgehead atoms. The van der Waals surface area contributed by atoms with Gasteiger partial charge >= 0.3 is 0 Å². The molecule has 0 aliphatic carbocycles. The fourth-order valence-electron chi connectivity index (χ4n) is 2.11. The average Bonchev–Trinajstić information content (AvgIpc) is 2.88. The average molecular weight is 254 g/mol. The Morgan fingerprint density at radius 2 is 1.89 bits per heavy atom. The molecule has 0 saturated heterocycles. The fourth-order valence-corrected chi connectivity index (χ4v) is 2.11. The second kappa shape index (κ2) is 3.94. The normalized spacial score (nSPS) is 13.7. The van der Waals surface area contributed by atoms with Gasteiger partial charge in [0, 0.05) is 17.7 Å². The molecule has 0 saturated carbocycles. The van der Waals surface area contributed by atoms with E-state index in [9.17, 15) is 0 Å². The molecule has 0 fully saturated rings. The highest BCUT2D eigenvalue weighted by molar-refractivity contribution is 5.83. The predicted molar refractivity (Wildman–Crippen MR) is 68.1 cm³/mol. The quantitative estimate of drug-likeness (QED) is 0.716. The Labute approximate surface area is 108 Å². The molecule has 0 atom stereocenters. The van der Waals surface area contributed by atoms with Crippen molar-refractivity contribution in [2.45, 2.75) is 0 Å². The molecule has 6 nitrogen and oxygen atoms in total. The fraction of sp³-hybridized carbons (Fsp3) is 0.154. The Bertz CT molecular complexity index is 696. The van der Waals surface area contributed by atoms with Crippen molar-refractivity contribution in [3.8, 4) is 22.9 Å². The molecule has 4 rings (SSSR count). The first-order valence-corrected chi connectivity index (χ1v) is 5.96. The zero-order valence-corrected chi connectivity index (χ0v) is 9.96. The van der Waals surface area contributed by atoms with E-state index in [1.165, 1.54) is 0 Å². The summed E-state index contributed by atoms with van der Waals surface area (Å²) in [7, 11) is 0. The lowest BCUT2D eigenvalue weighted by Gasteiger charge is -2.17. The van der Waals surface area contributed by atoms with Crippen LogP contribution in [0.3, 0.4) is 0 Å². The van der Waals surface area contributed by atoms with Crippen LogP contribution < -0.4 is 9.47 Å². The zero-order chi connectivity index (χ0) is 12.7. The number of rotatable bonds is 1. The number of aromatic nitrogens is 4. The molecule has 1 aromatic carbocycles. The molecule has 3 heterocycles. The maximum absolute atomic E-state index is 5.55. The Morgan fingerprint density at radius 1 is 1.05 bits per heavy atom. The van der Waals surface area contributed by atoms with Crippen LogP contribution in [0.15, 0.2) is 30.6 Å². The minimum Gasteiger partial charge on any atom is -0.486 e. The van der Waals surface area contributed by atoms with E-state index < -0.39 is 0 Å². The van der Waals surface area contributed by atoms with Crippen LogP contribution in [0.2, 0.25) is 0 Å². The van der Waals surface area contributed by atoms with Gasteiger partial charge in [0.15, 0.2) is 11.5 Å². The van der Waals surface area contributed by atoms with Gasteiger partial charge in [-0.05, 0) is 6.07 Å². The van der Waals surface area contributed by atoms with Gasteiger partial charge in [-0.2, -0.15) is 10.2 Å². The first-order chi connectivity index (χ1) is 9.40. The van der Waals surface area contributed by atoms with Crippen molar-refractivity contribution < 1.29 is 9.47 Å². The highest BCUT2D eigenvalue weighted by atomic mass is 16.6. The number of nitrogens with one attached hydrogen (secondary N) is 1. The van der Waals surface area contributed by atoms with E-state index in [1.807, 2.05) is 18.2 Å². The van der Waals surface area contributed by atoms with Crippen molar-refractivity contribution in [2.75, 3.05) is 13.2 Å².